The molecule has 0 bridgehead atoms. The third-order valence-corrected chi connectivity index (χ3v) is 4.24. The Hall–Kier alpha value is -2.92. The van der Waals surface area contributed by atoms with E-state index in [1.807, 2.05) is 25.1 Å². The van der Waals surface area contributed by atoms with Crippen LogP contribution < -0.4 is 10.6 Å². The highest BCUT2D eigenvalue weighted by molar-refractivity contribution is 6.31. The topological polar surface area (TPSA) is 54.0 Å². The van der Waals surface area contributed by atoms with E-state index in [1.165, 1.54) is 18.3 Å². The Morgan fingerprint density at radius 2 is 1.88 bits per heavy atom. The molecule has 3 rings (SSSR count). The van der Waals surface area contributed by atoms with Crippen LogP contribution in [0.2, 0.25) is 5.02 Å². The Bertz CT molecular complexity index is 911. The van der Waals surface area contributed by atoms with Gasteiger partial charge < -0.3 is 10.6 Å². The van der Waals surface area contributed by atoms with Crippen molar-refractivity contribution in [1.29, 1.82) is 0 Å². The van der Waals surface area contributed by atoms with Gasteiger partial charge in [0, 0.05) is 23.5 Å². The van der Waals surface area contributed by atoms with Crippen LogP contribution in [0, 0.1) is 12.7 Å². The second-order valence-electron chi connectivity index (χ2n) is 5.83. The van der Waals surface area contributed by atoms with Gasteiger partial charge in [-0.1, -0.05) is 29.8 Å². The lowest BCUT2D eigenvalue weighted by Crippen LogP contribution is -2.22. The highest BCUT2D eigenvalue weighted by Crippen LogP contribution is 2.22. The molecule has 0 aliphatic heterocycles. The summed E-state index contributed by atoms with van der Waals surface area (Å²) in [4.78, 5) is 16.4. The lowest BCUT2D eigenvalue weighted by molar-refractivity contribution is 0.0950. The van der Waals surface area contributed by atoms with E-state index < -0.39 is 0 Å². The Balaban J connectivity index is 1.60. The number of anilines is 2. The SMILES string of the molecule is Cc1ccc(Nc2ccc(C(=O)NCc3ccc(F)cc3)cn2)cc1Cl. The van der Waals surface area contributed by atoms with Crippen molar-refractivity contribution in [1.82, 2.24) is 10.3 Å². The minimum Gasteiger partial charge on any atom is -0.348 e. The minimum absolute atomic E-state index is 0.244. The molecule has 1 aromatic heterocycles. The van der Waals surface area contributed by atoms with Crippen LogP contribution in [0.3, 0.4) is 0 Å². The van der Waals surface area contributed by atoms with Crippen LogP contribution in [-0.4, -0.2) is 10.9 Å². The fourth-order valence-electron chi connectivity index (χ4n) is 2.31. The van der Waals surface area contributed by atoms with Gasteiger partial charge in [-0.2, -0.15) is 0 Å². The van der Waals surface area contributed by atoms with Crippen LogP contribution in [0.5, 0.6) is 0 Å². The van der Waals surface area contributed by atoms with E-state index in [-0.39, 0.29) is 11.7 Å². The van der Waals surface area contributed by atoms with E-state index in [0.717, 1.165) is 16.8 Å². The number of carbonyl (C=O) groups is 1. The summed E-state index contributed by atoms with van der Waals surface area (Å²) in [5, 5.41) is 6.59. The molecule has 1 heterocycles. The maximum atomic E-state index is 12.9. The van der Waals surface area contributed by atoms with Crippen molar-refractivity contribution < 1.29 is 9.18 Å². The third-order valence-electron chi connectivity index (χ3n) is 3.84. The van der Waals surface area contributed by atoms with Gasteiger partial charge in [0.15, 0.2) is 0 Å². The van der Waals surface area contributed by atoms with Crippen molar-refractivity contribution in [3.8, 4) is 0 Å². The summed E-state index contributed by atoms with van der Waals surface area (Å²) in [6.45, 7) is 2.25. The van der Waals surface area contributed by atoms with Crippen LogP contribution in [0.1, 0.15) is 21.5 Å². The average Bonchev–Trinajstić information content (AvgIpc) is 2.65. The molecular formula is C20H17ClFN3O. The van der Waals surface area contributed by atoms with Gasteiger partial charge in [0.1, 0.15) is 11.6 Å². The fourth-order valence-corrected chi connectivity index (χ4v) is 2.49. The van der Waals surface area contributed by atoms with E-state index in [2.05, 4.69) is 15.6 Å². The van der Waals surface area contributed by atoms with Crippen LogP contribution >= 0.6 is 11.6 Å². The molecule has 0 aliphatic carbocycles. The first-order chi connectivity index (χ1) is 12.5. The molecule has 2 N–H and O–H groups in total. The summed E-state index contributed by atoms with van der Waals surface area (Å²) < 4.78 is 12.9. The molecule has 0 saturated carbocycles. The van der Waals surface area contributed by atoms with Gasteiger partial charge in [-0.05, 0) is 54.4 Å². The number of nitrogens with one attached hydrogen (secondary N) is 2. The number of pyridine rings is 1. The smallest absolute Gasteiger partial charge is 0.253 e. The number of aromatic nitrogens is 1. The monoisotopic (exact) mass is 369 g/mol. The molecule has 0 fully saturated rings. The van der Waals surface area contributed by atoms with Crippen molar-refractivity contribution in [2.24, 2.45) is 0 Å². The van der Waals surface area contributed by atoms with Gasteiger partial charge in [-0.15, -0.1) is 0 Å². The van der Waals surface area contributed by atoms with Gasteiger partial charge in [0.25, 0.3) is 5.91 Å². The van der Waals surface area contributed by atoms with Crippen molar-refractivity contribution in [2.75, 3.05) is 5.32 Å². The summed E-state index contributed by atoms with van der Waals surface area (Å²) in [7, 11) is 0. The summed E-state index contributed by atoms with van der Waals surface area (Å²) >= 11 is 6.11. The Kier molecular flexibility index (Phi) is 5.49. The summed E-state index contributed by atoms with van der Waals surface area (Å²) in [6, 6.07) is 15.0. The predicted molar refractivity (Wildman–Crippen MR) is 101 cm³/mol. The van der Waals surface area contributed by atoms with E-state index in [9.17, 15) is 9.18 Å². The molecule has 0 aliphatic rings. The normalized spacial score (nSPS) is 10.4. The van der Waals surface area contributed by atoms with Crippen molar-refractivity contribution >= 4 is 29.0 Å². The Morgan fingerprint density at radius 3 is 2.54 bits per heavy atom. The van der Waals surface area contributed by atoms with Crippen LogP contribution in [-0.2, 0) is 6.54 Å². The first-order valence-electron chi connectivity index (χ1n) is 8.03. The Morgan fingerprint density at radius 1 is 1.12 bits per heavy atom. The number of aryl methyl sites for hydroxylation is 1. The number of carbonyl (C=O) groups excluding carboxylic acids is 1. The van der Waals surface area contributed by atoms with E-state index >= 15 is 0 Å². The third kappa shape index (κ3) is 4.58. The summed E-state index contributed by atoms with van der Waals surface area (Å²) in [5.41, 5.74) is 3.09. The van der Waals surface area contributed by atoms with E-state index in [1.54, 1.807) is 24.3 Å². The number of halogens is 2. The second kappa shape index (κ2) is 7.97. The van der Waals surface area contributed by atoms with Gasteiger partial charge in [-0.3, -0.25) is 4.79 Å². The molecule has 1 amide bonds. The van der Waals surface area contributed by atoms with Gasteiger partial charge in [-0.25, -0.2) is 9.37 Å². The van der Waals surface area contributed by atoms with Crippen molar-refractivity contribution in [3.63, 3.8) is 0 Å². The number of nitrogens with zero attached hydrogens (tertiary/aromatic N) is 1. The van der Waals surface area contributed by atoms with Gasteiger partial charge in [0.05, 0.1) is 5.56 Å². The molecule has 132 valence electrons. The number of amides is 1. The molecule has 4 nitrogen and oxygen atoms in total. The number of hydrogen-bond donors (Lipinski definition) is 2. The van der Waals surface area contributed by atoms with Crippen LogP contribution in [0.15, 0.2) is 60.8 Å². The number of rotatable bonds is 5. The van der Waals surface area contributed by atoms with E-state index in [4.69, 9.17) is 11.6 Å². The fraction of sp³-hybridized carbons (Fsp3) is 0.100. The zero-order chi connectivity index (χ0) is 18.5. The molecular weight excluding hydrogens is 353 g/mol. The maximum Gasteiger partial charge on any atom is 0.253 e. The largest absolute Gasteiger partial charge is 0.348 e. The standard InChI is InChI=1S/C20H17ClFN3O/c1-13-2-8-17(10-18(13)21)25-19-9-5-15(12-23-19)20(26)24-11-14-3-6-16(22)7-4-14/h2-10,12H,11H2,1H3,(H,23,25)(H,24,26). The van der Waals surface area contributed by atoms with Crippen LogP contribution in [0.4, 0.5) is 15.9 Å². The Labute approximate surface area is 156 Å². The molecule has 26 heavy (non-hydrogen) atoms. The molecule has 3 aromatic rings. The zero-order valence-electron chi connectivity index (χ0n) is 14.1. The number of hydrogen-bond acceptors (Lipinski definition) is 3. The minimum atomic E-state index is -0.303. The number of benzene rings is 2. The van der Waals surface area contributed by atoms with E-state index in [0.29, 0.717) is 22.9 Å². The highest BCUT2D eigenvalue weighted by Gasteiger charge is 2.07. The lowest BCUT2D eigenvalue weighted by Gasteiger charge is -2.09. The average molecular weight is 370 g/mol. The molecule has 0 spiro atoms. The zero-order valence-corrected chi connectivity index (χ0v) is 14.8. The maximum absolute atomic E-state index is 12.9. The van der Waals surface area contributed by atoms with Crippen LogP contribution in [0.25, 0.3) is 0 Å². The quantitative estimate of drug-likeness (QED) is 0.675. The van der Waals surface area contributed by atoms with Crippen molar-refractivity contribution in [2.45, 2.75) is 13.5 Å². The molecule has 0 saturated heterocycles. The predicted octanol–water partition coefficient (Wildman–Crippen LogP) is 4.86. The first-order valence-corrected chi connectivity index (χ1v) is 8.41. The molecule has 0 radical (unpaired) electrons. The van der Waals surface area contributed by atoms with Gasteiger partial charge in [0.2, 0.25) is 0 Å². The summed E-state index contributed by atoms with van der Waals surface area (Å²) in [5.74, 6) is 0.0639. The van der Waals surface area contributed by atoms with Gasteiger partial charge >= 0.3 is 0 Å². The highest BCUT2D eigenvalue weighted by atomic mass is 35.5. The molecule has 6 heteroatoms. The molecule has 2 aromatic carbocycles. The summed E-state index contributed by atoms with van der Waals surface area (Å²) in [6.07, 6.45) is 1.50. The lowest BCUT2D eigenvalue weighted by atomic mass is 10.2. The molecule has 0 unspecified atom stereocenters. The first kappa shape index (κ1) is 17.9. The van der Waals surface area contributed by atoms with Crippen molar-refractivity contribution in [3.05, 3.63) is 88.3 Å². The molecule has 0 atom stereocenters. The second-order valence-corrected chi connectivity index (χ2v) is 6.24.